The van der Waals surface area contributed by atoms with E-state index >= 15 is 0 Å². The Morgan fingerprint density at radius 2 is 2.08 bits per heavy atom. The number of hydrogen-bond acceptors (Lipinski definition) is 4. The van der Waals surface area contributed by atoms with Crippen LogP contribution in [-0.4, -0.2) is 42.3 Å². The average molecular weight is 191 g/mol. The van der Waals surface area contributed by atoms with Gasteiger partial charge in [0.1, 0.15) is 0 Å². The standard InChI is InChI=1S/C9H21NO3/c1-3-5-10-8(7-11)6-9(12)13-4-2/h8-12H,3-7H2,1-2H3. The topological polar surface area (TPSA) is 61.7 Å². The molecule has 0 amide bonds. The van der Waals surface area contributed by atoms with Gasteiger partial charge in [-0.15, -0.1) is 0 Å². The van der Waals surface area contributed by atoms with Crippen LogP contribution >= 0.6 is 0 Å². The molecule has 0 aliphatic carbocycles. The Morgan fingerprint density at radius 3 is 2.54 bits per heavy atom. The van der Waals surface area contributed by atoms with Crippen molar-refractivity contribution in [1.29, 1.82) is 0 Å². The summed E-state index contributed by atoms with van der Waals surface area (Å²) in [6.07, 6.45) is 0.678. The fraction of sp³-hybridized carbons (Fsp3) is 1.00. The van der Waals surface area contributed by atoms with E-state index in [1.807, 2.05) is 6.92 Å². The number of ether oxygens (including phenoxy) is 1. The zero-order chi connectivity index (χ0) is 10.1. The minimum absolute atomic E-state index is 0.0319. The predicted octanol–water partition coefficient (Wildman–Crippen LogP) is 0.0919. The number of aliphatic hydroxyl groups excluding tert-OH is 2. The zero-order valence-corrected chi connectivity index (χ0v) is 8.49. The number of aliphatic hydroxyl groups is 2. The SMILES string of the molecule is CCCNC(CO)CC(O)OCC. The van der Waals surface area contributed by atoms with Gasteiger partial charge < -0.3 is 20.3 Å². The molecule has 4 heteroatoms. The first-order valence-corrected chi connectivity index (χ1v) is 4.88. The van der Waals surface area contributed by atoms with Crippen LogP contribution in [0.4, 0.5) is 0 Å². The summed E-state index contributed by atoms with van der Waals surface area (Å²) in [7, 11) is 0. The van der Waals surface area contributed by atoms with Crippen LogP contribution in [0.5, 0.6) is 0 Å². The molecule has 80 valence electrons. The molecule has 0 aromatic rings. The van der Waals surface area contributed by atoms with E-state index in [0.29, 0.717) is 13.0 Å². The lowest BCUT2D eigenvalue weighted by Crippen LogP contribution is -2.36. The van der Waals surface area contributed by atoms with Crippen LogP contribution in [0.3, 0.4) is 0 Å². The fourth-order valence-electron chi connectivity index (χ4n) is 1.07. The average Bonchev–Trinajstić information content (AvgIpc) is 2.12. The third kappa shape index (κ3) is 6.95. The first-order valence-electron chi connectivity index (χ1n) is 4.88. The first kappa shape index (κ1) is 12.8. The lowest BCUT2D eigenvalue weighted by Gasteiger charge is -2.19. The van der Waals surface area contributed by atoms with Gasteiger partial charge in [-0.2, -0.15) is 0 Å². The molecule has 2 atom stereocenters. The Labute approximate surface area is 79.9 Å². The molecule has 3 N–H and O–H groups in total. The van der Waals surface area contributed by atoms with Crippen molar-refractivity contribution in [3.8, 4) is 0 Å². The zero-order valence-electron chi connectivity index (χ0n) is 8.49. The van der Waals surface area contributed by atoms with Gasteiger partial charge in [0.05, 0.1) is 6.61 Å². The van der Waals surface area contributed by atoms with Crippen molar-refractivity contribution in [3.05, 3.63) is 0 Å². The smallest absolute Gasteiger partial charge is 0.156 e. The molecule has 0 aliphatic heterocycles. The highest BCUT2D eigenvalue weighted by Gasteiger charge is 2.12. The van der Waals surface area contributed by atoms with E-state index in [1.54, 1.807) is 0 Å². The molecule has 4 nitrogen and oxygen atoms in total. The van der Waals surface area contributed by atoms with Crippen LogP contribution in [0.1, 0.15) is 26.7 Å². The minimum atomic E-state index is -0.772. The number of nitrogens with one attached hydrogen (secondary N) is 1. The summed E-state index contributed by atoms with van der Waals surface area (Å²) in [6.45, 7) is 5.26. The quantitative estimate of drug-likeness (QED) is 0.476. The summed E-state index contributed by atoms with van der Waals surface area (Å²) in [5, 5.41) is 21.3. The van der Waals surface area contributed by atoms with E-state index in [9.17, 15) is 5.11 Å². The molecule has 0 heterocycles. The van der Waals surface area contributed by atoms with E-state index in [1.165, 1.54) is 0 Å². The highest BCUT2D eigenvalue weighted by Crippen LogP contribution is 1.99. The van der Waals surface area contributed by atoms with Crippen molar-refractivity contribution in [2.75, 3.05) is 19.8 Å². The van der Waals surface area contributed by atoms with Gasteiger partial charge in [0, 0.05) is 19.1 Å². The largest absolute Gasteiger partial charge is 0.395 e. The predicted molar refractivity (Wildman–Crippen MR) is 51.4 cm³/mol. The van der Waals surface area contributed by atoms with Crippen LogP contribution < -0.4 is 5.32 Å². The van der Waals surface area contributed by atoms with Gasteiger partial charge >= 0.3 is 0 Å². The fourth-order valence-corrected chi connectivity index (χ4v) is 1.07. The highest BCUT2D eigenvalue weighted by molar-refractivity contribution is 4.66. The van der Waals surface area contributed by atoms with E-state index in [2.05, 4.69) is 12.2 Å². The van der Waals surface area contributed by atoms with Crippen LogP contribution in [0, 0.1) is 0 Å². The van der Waals surface area contributed by atoms with Crippen molar-refractivity contribution >= 4 is 0 Å². The lowest BCUT2D eigenvalue weighted by atomic mass is 10.2. The normalized spacial score (nSPS) is 15.7. The molecule has 0 bridgehead atoms. The summed E-state index contributed by atoms with van der Waals surface area (Å²) in [5.41, 5.74) is 0. The first-order chi connectivity index (χ1) is 6.24. The molecule has 0 spiro atoms. The van der Waals surface area contributed by atoms with Crippen molar-refractivity contribution < 1.29 is 14.9 Å². The number of hydrogen-bond donors (Lipinski definition) is 3. The van der Waals surface area contributed by atoms with Crippen LogP contribution in [0.2, 0.25) is 0 Å². The van der Waals surface area contributed by atoms with Gasteiger partial charge in [-0.3, -0.25) is 0 Å². The second kappa shape index (κ2) is 8.44. The molecule has 0 radical (unpaired) electrons. The maximum absolute atomic E-state index is 9.28. The van der Waals surface area contributed by atoms with Gasteiger partial charge in [-0.1, -0.05) is 6.92 Å². The Bertz CT molecular complexity index is 111. The molecule has 0 saturated carbocycles. The molecule has 0 aromatic heterocycles. The maximum atomic E-state index is 9.28. The Kier molecular flexibility index (Phi) is 8.33. The summed E-state index contributed by atoms with van der Waals surface area (Å²) in [6, 6.07) is -0.0681. The highest BCUT2D eigenvalue weighted by atomic mass is 16.6. The Morgan fingerprint density at radius 1 is 1.38 bits per heavy atom. The van der Waals surface area contributed by atoms with Crippen LogP contribution in [0.15, 0.2) is 0 Å². The molecule has 2 unspecified atom stereocenters. The van der Waals surface area contributed by atoms with Gasteiger partial charge in [0.25, 0.3) is 0 Å². The van der Waals surface area contributed by atoms with Crippen molar-refractivity contribution in [3.63, 3.8) is 0 Å². The van der Waals surface area contributed by atoms with E-state index in [0.717, 1.165) is 13.0 Å². The maximum Gasteiger partial charge on any atom is 0.156 e. The summed E-state index contributed by atoms with van der Waals surface area (Å²) in [5.74, 6) is 0. The second-order valence-corrected chi connectivity index (χ2v) is 2.98. The molecule has 0 aromatic carbocycles. The van der Waals surface area contributed by atoms with E-state index in [-0.39, 0.29) is 12.6 Å². The third-order valence-corrected chi connectivity index (χ3v) is 1.75. The third-order valence-electron chi connectivity index (χ3n) is 1.75. The Balaban J connectivity index is 3.56. The summed E-state index contributed by atoms with van der Waals surface area (Å²) in [4.78, 5) is 0. The molecular weight excluding hydrogens is 170 g/mol. The molecule has 0 saturated heterocycles. The molecule has 0 fully saturated rings. The van der Waals surface area contributed by atoms with Crippen molar-refractivity contribution in [1.82, 2.24) is 5.32 Å². The minimum Gasteiger partial charge on any atom is -0.395 e. The summed E-state index contributed by atoms with van der Waals surface area (Å²) >= 11 is 0. The summed E-state index contributed by atoms with van der Waals surface area (Å²) < 4.78 is 4.96. The van der Waals surface area contributed by atoms with E-state index in [4.69, 9.17) is 9.84 Å². The van der Waals surface area contributed by atoms with E-state index < -0.39 is 6.29 Å². The van der Waals surface area contributed by atoms with Gasteiger partial charge in [0.2, 0.25) is 0 Å². The monoisotopic (exact) mass is 191 g/mol. The molecule has 0 rings (SSSR count). The number of rotatable bonds is 8. The molecule has 13 heavy (non-hydrogen) atoms. The second-order valence-electron chi connectivity index (χ2n) is 2.98. The Hall–Kier alpha value is -0.160. The van der Waals surface area contributed by atoms with Crippen molar-refractivity contribution in [2.45, 2.75) is 39.0 Å². The lowest BCUT2D eigenvalue weighted by molar-refractivity contribution is -0.105. The molecular formula is C9H21NO3. The van der Waals surface area contributed by atoms with Crippen LogP contribution in [0.25, 0.3) is 0 Å². The van der Waals surface area contributed by atoms with Crippen molar-refractivity contribution in [2.24, 2.45) is 0 Å². The van der Waals surface area contributed by atoms with Gasteiger partial charge in [-0.25, -0.2) is 0 Å². The van der Waals surface area contributed by atoms with Crippen LogP contribution in [-0.2, 0) is 4.74 Å². The van der Waals surface area contributed by atoms with Gasteiger partial charge in [-0.05, 0) is 19.9 Å². The van der Waals surface area contributed by atoms with Gasteiger partial charge in [0.15, 0.2) is 6.29 Å². The molecule has 0 aliphatic rings.